The summed E-state index contributed by atoms with van der Waals surface area (Å²) in [7, 11) is 0. The third-order valence-electron chi connectivity index (χ3n) is 15.3. The first-order valence-corrected chi connectivity index (χ1v) is 26.5. The smallest absolute Gasteiger partial charge is 0.217 e. The quantitative estimate of drug-likeness (QED) is 0.0507. The van der Waals surface area contributed by atoms with Crippen molar-refractivity contribution in [2.75, 3.05) is 52.9 Å². The minimum absolute atomic E-state index is 0.285. The molecule has 37 heteroatoms. The van der Waals surface area contributed by atoms with Crippen molar-refractivity contribution in [1.82, 2.24) is 10.6 Å². The molecule has 0 aromatic heterocycles. The summed E-state index contributed by atoms with van der Waals surface area (Å²) in [5, 5.41) is 221. The highest BCUT2D eigenvalue weighted by Gasteiger charge is 2.58. The fraction of sp³-hybridized carbons (Fsp3) is 0.957. The van der Waals surface area contributed by atoms with E-state index in [1.54, 1.807) is 0 Å². The Balaban J connectivity index is 1.17. The Bertz CT molecular complexity index is 2030. The van der Waals surface area contributed by atoms with Crippen LogP contribution in [0.1, 0.15) is 13.8 Å². The van der Waals surface area contributed by atoms with E-state index in [0.717, 1.165) is 13.8 Å². The van der Waals surface area contributed by atoms with Gasteiger partial charge in [0.25, 0.3) is 0 Å². The second-order valence-corrected chi connectivity index (χ2v) is 21.0. The number of carbonyl (C=O) groups excluding carboxylic acids is 2. The zero-order valence-electron chi connectivity index (χ0n) is 44.4. The number of carbonyl (C=O) groups is 2. The number of hydrogen-bond acceptors (Lipinski definition) is 35. The predicted molar refractivity (Wildman–Crippen MR) is 254 cm³/mol. The third-order valence-corrected chi connectivity index (χ3v) is 15.3. The summed E-state index contributed by atoms with van der Waals surface area (Å²) in [6.45, 7) is -4.87. The lowest BCUT2D eigenvalue weighted by Gasteiger charge is -2.50. The minimum Gasteiger partial charge on any atom is -0.394 e. The summed E-state index contributed by atoms with van der Waals surface area (Å²) in [5.41, 5.74) is 0. The topological polar surface area (TPSA) is 583 Å². The lowest BCUT2D eigenvalue weighted by molar-refractivity contribution is -0.393. The van der Waals surface area contributed by atoms with Gasteiger partial charge in [-0.05, 0) is 0 Å². The van der Waals surface area contributed by atoms with Crippen molar-refractivity contribution in [1.29, 1.82) is 0 Å². The summed E-state index contributed by atoms with van der Waals surface area (Å²) in [5.74, 6) is -1.41. The summed E-state index contributed by atoms with van der Waals surface area (Å²) < 4.78 is 74.6. The van der Waals surface area contributed by atoms with Crippen molar-refractivity contribution in [3.05, 3.63) is 0 Å². The molecule has 7 heterocycles. The Labute approximate surface area is 470 Å². The SMILES string of the molecule is CC(=O)N[C@H]1[C@H](O[C@H]2[C@H](O)[C@@H](NC(C)=O)CO[C@@H]2CO)O[C@H](CO)[C@@H](O[C@@H]2O[C@H](CO[C@H]3O[C@H](CO)[C@@H](O)[C@H](O[C@H]4O[C@H](CO)[C@@H](O)[C@H](O)[C@@H]4O)[C@@H]3O)[C@@H](O)[C@H](O[C@H]3O[C@H](CO)[C@@H](O)[C@H](O[C@H]4O[C@H](CO)[C@@H](O)[C@H](O)[C@@H]4O)[C@@H]3O)[C@@H]2O)[C@@H]1O. The maximum Gasteiger partial charge on any atom is 0.217 e. The third kappa shape index (κ3) is 14.9. The van der Waals surface area contributed by atoms with Crippen molar-refractivity contribution >= 4 is 11.8 Å². The van der Waals surface area contributed by atoms with E-state index in [9.17, 15) is 112 Å². The van der Waals surface area contributed by atoms with Gasteiger partial charge in [-0.3, -0.25) is 9.59 Å². The summed E-state index contributed by atoms with van der Waals surface area (Å²) in [6.07, 6.45) is -62.2. The van der Waals surface area contributed by atoms with Gasteiger partial charge < -0.3 is 174 Å². The normalized spacial score (nSPS) is 49.9. The molecule has 2 amide bonds. The van der Waals surface area contributed by atoms with Crippen molar-refractivity contribution in [3.8, 4) is 0 Å². The molecule has 0 saturated carbocycles. The Morgan fingerprint density at radius 2 is 0.687 bits per heavy atom. The van der Waals surface area contributed by atoms with E-state index in [-0.39, 0.29) is 6.61 Å². The molecule has 7 fully saturated rings. The molecule has 0 radical (unpaired) electrons. The Kier molecular flexibility index (Phi) is 24.4. The predicted octanol–water partition coefficient (Wildman–Crippen LogP) is -15.3. The van der Waals surface area contributed by atoms with E-state index >= 15 is 0 Å². The van der Waals surface area contributed by atoms with Gasteiger partial charge in [0.05, 0.1) is 58.9 Å². The molecule has 34 atom stereocenters. The molecule has 83 heavy (non-hydrogen) atoms. The first-order chi connectivity index (χ1) is 39.3. The molecule has 0 aliphatic carbocycles. The lowest BCUT2D eigenvalue weighted by Crippen LogP contribution is -2.70. The number of nitrogens with one attached hydrogen (secondary N) is 2. The summed E-state index contributed by atoms with van der Waals surface area (Å²) in [4.78, 5) is 24.6. The number of aliphatic hydroxyl groups is 20. The molecule has 0 spiro atoms. The van der Waals surface area contributed by atoms with Crippen molar-refractivity contribution in [3.63, 3.8) is 0 Å². The highest BCUT2D eigenvalue weighted by molar-refractivity contribution is 5.73. The number of amides is 2. The molecule has 7 saturated heterocycles. The summed E-state index contributed by atoms with van der Waals surface area (Å²) in [6, 6.07) is -2.84. The van der Waals surface area contributed by atoms with Gasteiger partial charge in [-0.25, -0.2) is 0 Å². The monoisotopic (exact) mass is 1220 g/mol. The Hall–Kier alpha value is -2.38. The van der Waals surface area contributed by atoms with Crippen LogP contribution in [0.25, 0.3) is 0 Å². The van der Waals surface area contributed by atoms with Crippen LogP contribution < -0.4 is 10.6 Å². The van der Waals surface area contributed by atoms with E-state index in [2.05, 4.69) is 10.6 Å². The number of rotatable bonds is 21. The maximum atomic E-state index is 12.7. The van der Waals surface area contributed by atoms with Crippen LogP contribution in [-0.4, -0.2) is 375 Å². The van der Waals surface area contributed by atoms with E-state index in [1.807, 2.05) is 0 Å². The van der Waals surface area contributed by atoms with Gasteiger partial charge in [-0.1, -0.05) is 0 Å². The molecule has 0 bridgehead atoms. The molecule has 0 unspecified atom stereocenters. The fourth-order valence-electron chi connectivity index (χ4n) is 10.6. The van der Waals surface area contributed by atoms with Gasteiger partial charge >= 0.3 is 0 Å². The Morgan fingerprint density at radius 1 is 0.349 bits per heavy atom. The van der Waals surface area contributed by atoms with Crippen LogP contribution in [0.3, 0.4) is 0 Å². The van der Waals surface area contributed by atoms with Crippen LogP contribution in [0.15, 0.2) is 0 Å². The van der Waals surface area contributed by atoms with Gasteiger partial charge in [0.1, 0.15) is 165 Å². The van der Waals surface area contributed by atoms with Crippen LogP contribution in [-0.2, 0) is 71.2 Å². The molecule has 7 aliphatic heterocycles. The highest BCUT2D eigenvalue weighted by Crippen LogP contribution is 2.37. The second kappa shape index (κ2) is 29.7. The molecular formula is C46H78N2O35. The lowest BCUT2D eigenvalue weighted by atomic mass is 9.94. The van der Waals surface area contributed by atoms with Crippen LogP contribution >= 0.6 is 0 Å². The standard InChI is InChI=1S/C46H78N2O35/c1-11(55)47-13-9-71-18(7-53)36(22(13)57)79-41-21(48-12(2)56)28(63)37(19(8-54)77-41)80-46-35(70)40(83-45-34(69)39(26(61)17(6-52)76-45)82-44-32(67)30(65)24(59)15(4-50)75-44)27(62)20(78-46)10-72-42-33(68)38(25(60)16(5-51)73-42)81-43-31(66)29(64)23(58)14(3-49)74-43/h13-46,49-54,57-70H,3-10H2,1-2H3,(H,47,55)(H,48,56)/t13-,14+,15+,16+,17+,18+,19+,20+,21+,22+,23+,24+,25+,26+,27+,28+,29-,30-,31-,32-,33-,34-,35-,36+,37+,38-,39-,40-,41-,42-,43+,44+,45+,46-/m0/s1. The van der Waals surface area contributed by atoms with Crippen LogP contribution in [0.2, 0.25) is 0 Å². The fourth-order valence-corrected chi connectivity index (χ4v) is 10.6. The maximum absolute atomic E-state index is 12.7. The summed E-state index contributed by atoms with van der Waals surface area (Å²) >= 11 is 0. The van der Waals surface area contributed by atoms with E-state index in [0.29, 0.717) is 0 Å². The van der Waals surface area contributed by atoms with Crippen LogP contribution in [0.5, 0.6) is 0 Å². The van der Waals surface area contributed by atoms with Crippen LogP contribution in [0, 0.1) is 0 Å². The average molecular weight is 1220 g/mol. The van der Waals surface area contributed by atoms with E-state index in [1.165, 1.54) is 0 Å². The van der Waals surface area contributed by atoms with Crippen LogP contribution in [0.4, 0.5) is 0 Å². The molecular weight excluding hydrogens is 1140 g/mol. The van der Waals surface area contributed by atoms with Gasteiger partial charge in [0.2, 0.25) is 11.8 Å². The number of hydrogen-bond donors (Lipinski definition) is 22. The minimum atomic E-state index is -2.37. The largest absolute Gasteiger partial charge is 0.394 e. The molecule has 22 N–H and O–H groups in total. The number of aliphatic hydroxyl groups excluding tert-OH is 20. The molecule has 37 nitrogen and oxygen atoms in total. The van der Waals surface area contributed by atoms with Crippen molar-refractivity contribution < 1.29 is 173 Å². The van der Waals surface area contributed by atoms with E-state index in [4.69, 9.17) is 61.6 Å². The average Bonchev–Trinajstić information content (AvgIpc) is 3.60. The van der Waals surface area contributed by atoms with Crippen molar-refractivity contribution in [2.24, 2.45) is 0 Å². The van der Waals surface area contributed by atoms with Crippen molar-refractivity contribution in [2.45, 2.75) is 222 Å². The zero-order valence-corrected chi connectivity index (χ0v) is 44.4. The number of ether oxygens (including phenoxy) is 13. The highest BCUT2D eigenvalue weighted by atomic mass is 16.8. The van der Waals surface area contributed by atoms with Gasteiger partial charge in [-0.2, -0.15) is 0 Å². The first kappa shape index (κ1) is 68.1. The molecule has 0 aromatic rings. The van der Waals surface area contributed by atoms with Gasteiger partial charge in [0.15, 0.2) is 37.7 Å². The molecule has 7 rings (SSSR count). The molecule has 482 valence electrons. The first-order valence-electron chi connectivity index (χ1n) is 26.5. The Morgan fingerprint density at radius 3 is 1.12 bits per heavy atom. The molecule has 7 aliphatic rings. The van der Waals surface area contributed by atoms with Gasteiger partial charge in [-0.15, -0.1) is 0 Å². The zero-order chi connectivity index (χ0) is 61.0. The van der Waals surface area contributed by atoms with E-state index < -0.39 is 267 Å². The van der Waals surface area contributed by atoms with Gasteiger partial charge in [0, 0.05) is 13.8 Å². The molecule has 0 aromatic carbocycles. The second-order valence-electron chi connectivity index (χ2n) is 21.0.